The van der Waals surface area contributed by atoms with Gasteiger partial charge < -0.3 is 19.4 Å². The van der Waals surface area contributed by atoms with Gasteiger partial charge in [-0.3, -0.25) is 0 Å². The summed E-state index contributed by atoms with van der Waals surface area (Å²) >= 11 is 6.03. The van der Waals surface area contributed by atoms with Crippen molar-refractivity contribution >= 4 is 23.1 Å². The molecule has 3 heterocycles. The first-order valence-electron chi connectivity index (χ1n) is 5.36. The lowest BCUT2D eigenvalue weighted by atomic mass is 9.97. The number of nitrogens with zero attached hydrogens (tertiary/aromatic N) is 1. The average molecular weight is 268 g/mol. The number of carbonyl (C=O) groups is 1. The number of aromatic carboxylic acids is 1. The Balaban J connectivity index is 2.34. The van der Waals surface area contributed by atoms with E-state index in [1.165, 1.54) is 6.07 Å². The van der Waals surface area contributed by atoms with Crippen LogP contribution in [0.15, 0.2) is 24.4 Å². The largest absolute Gasteiger partial charge is 0.478 e. The molecule has 5 nitrogen and oxygen atoms in total. The van der Waals surface area contributed by atoms with E-state index >= 15 is 0 Å². The Kier molecular flexibility index (Phi) is 2.38. The summed E-state index contributed by atoms with van der Waals surface area (Å²) in [7, 11) is 0. The lowest BCUT2D eigenvalue weighted by Gasteiger charge is -2.36. The summed E-state index contributed by atoms with van der Waals surface area (Å²) in [6.45, 7) is 0.315. The normalized spacial score (nSPS) is 17.7. The summed E-state index contributed by atoms with van der Waals surface area (Å²) in [5.74, 6) is -1.07. The molecular formula is C12H10ClNO4. The van der Waals surface area contributed by atoms with Gasteiger partial charge in [-0.05, 0) is 18.2 Å². The zero-order valence-electron chi connectivity index (χ0n) is 9.26. The van der Waals surface area contributed by atoms with Gasteiger partial charge in [-0.15, -0.1) is 0 Å². The number of carboxylic acid groups (broad SMARTS) is 1. The van der Waals surface area contributed by atoms with Crippen molar-refractivity contribution in [3.8, 4) is 0 Å². The first kappa shape index (κ1) is 11.5. The van der Waals surface area contributed by atoms with E-state index in [-0.39, 0.29) is 18.8 Å². The Bertz CT molecular complexity index is 645. The summed E-state index contributed by atoms with van der Waals surface area (Å²) in [5, 5.41) is 19.8. The van der Waals surface area contributed by atoms with E-state index in [0.29, 0.717) is 16.2 Å². The first-order valence-corrected chi connectivity index (χ1v) is 5.74. The van der Waals surface area contributed by atoms with Crippen LogP contribution in [0.3, 0.4) is 0 Å². The molecule has 1 fully saturated rings. The third-order valence-corrected chi connectivity index (χ3v) is 3.43. The molecule has 0 aromatic carbocycles. The van der Waals surface area contributed by atoms with Gasteiger partial charge in [0, 0.05) is 6.20 Å². The van der Waals surface area contributed by atoms with Crippen LogP contribution in [-0.2, 0) is 10.3 Å². The van der Waals surface area contributed by atoms with Crippen LogP contribution in [0.25, 0.3) is 5.52 Å². The topological polar surface area (TPSA) is 71.2 Å². The SMILES string of the molecule is O=C(O)c1cc(C2(O)COC2)n2cccc(Cl)c12. The van der Waals surface area contributed by atoms with Gasteiger partial charge in [0.25, 0.3) is 0 Å². The zero-order chi connectivity index (χ0) is 12.9. The highest BCUT2D eigenvalue weighted by Crippen LogP contribution is 2.34. The molecule has 3 rings (SSSR count). The minimum atomic E-state index is -1.14. The van der Waals surface area contributed by atoms with E-state index in [0.717, 1.165) is 0 Å². The molecule has 0 spiro atoms. The molecule has 0 amide bonds. The van der Waals surface area contributed by atoms with Gasteiger partial charge in [-0.25, -0.2) is 4.79 Å². The number of ether oxygens (including phenoxy) is 1. The monoisotopic (exact) mass is 267 g/mol. The Morgan fingerprint density at radius 1 is 1.50 bits per heavy atom. The van der Waals surface area contributed by atoms with Crippen molar-refractivity contribution in [2.45, 2.75) is 5.60 Å². The molecule has 0 unspecified atom stereocenters. The lowest BCUT2D eigenvalue weighted by Crippen LogP contribution is -2.47. The number of aromatic nitrogens is 1. The predicted octanol–water partition coefficient (Wildman–Crippen LogP) is 1.51. The number of hydrogen-bond donors (Lipinski definition) is 2. The fourth-order valence-corrected chi connectivity index (χ4v) is 2.45. The molecule has 18 heavy (non-hydrogen) atoms. The second-order valence-corrected chi connectivity index (χ2v) is 4.75. The molecule has 1 saturated heterocycles. The summed E-state index contributed by atoms with van der Waals surface area (Å²) in [6, 6.07) is 4.77. The van der Waals surface area contributed by atoms with Crippen LogP contribution in [0, 0.1) is 0 Å². The maximum absolute atomic E-state index is 11.2. The third-order valence-electron chi connectivity index (χ3n) is 3.13. The van der Waals surface area contributed by atoms with Gasteiger partial charge in [-0.2, -0.15) is 0 Å². The number of rotatable bonds is 2. The van der Waals surface area contributed by atoms with Gasteiger partial charge in [0.2, 0.25) is 0 Å². The van der Waals surface area contributed by atoms with E-state index in [9.17, 15) is 15.0 Å². The Labute approximate surface area is 107 Å². The van der Waals surface area contributed by atoms with Gasteiger partial charge in [0.15, 0.2) is 5.60 Å². The molecule has 1 aliphatic rings. The molecule has 2 aromatic rings. The lowest BCUT2D eigenvalue weighted by molar-refractivity contribution is -0.187. The molecule has 0 saturated carbocycles. The number of pyridine rings is 1. The van der Waals surface area contributed by atoms with Crippen LogP contribution < -0.4 is 0 Å². The van der Waals surface area contributed by atoms with Crippen LogP contribution in [0.5, 0.6) is 0 Å². The van der Waals surface area contributed by atoms with E-state index in [4.69, 9.17) is 16.3 Å². The summed E-state index contributed by atoms with van der Waals surface area (Å²) < 4.78 is 6.60. The van der Waals surface area contributed by atoms with Gasteiger partial charge >= 0.3 is 5.97 Å². The van der Waals surface area contributed by atoms with Crippen LogP contribution in [-0.4, -0.2) is 33.8 Å². The molecule has 0 radical (unpaired) electrons. The molecule has 94 valence electrons. The number of carboxylic acids is 1. The van der Waals surface area contributed by atoms with Crippen molar-refractivity contribution in [3.05, 3.63) is 40.7 Å². The summed E-state index contributed by atoms with van der Waals surface area (Å²) in [4.78, 5) is 11.2. The molecule has 6 heteroatoms. The highest BCUT2D eigenvalue weighted by Gasteiger charge is 2.41. The average Bonchev–Trinajstić information content (AvgIpc) is 2.67. The number of hydrogen-bond acceptors (Lipinski definition) is 3. The van der Waals surface area contributed by atoms with Crippen molar-refractivity contribution in [1.82, 2.24) is 4.40 Å². The van der Waals surface area contributed by atoms with E-state index < -0.39 is 11.6 Å². The van der Waals surface area contributed by atoms with Gasteiger partial charge in [-0.1, -0.05) is 11.6 Å². The smallest absolute Gasteiger partial charge is 0.337 e. The van der Waals surface area contributed by atoms with E-state index in [1.54, 1.807) is 22.7 Å². The Hall–Kier alpha value is -1.56. The molecule has 0 atom stereocenters. The number of aliphatic hydroxyl groups is 1. The van der Waals surface area contributed by atoms with E-state index in [2.05, 4.69) is 0 Å². The molecule has 1 aliphatic heterocycles. The second-order valence-electron chi connectivity index (χ2n) is 4.35. The molecule has 0 bridgehead atoms. The molecule has 2 N–H and O–H groups in total. The molecular weight excluding hydrogens is 258 g/mol. The fourth-order valence-electron chi connectivity index (χ4n) is 2.18. The maximum Gasteiger partial charge on any atom is 0.337 e. The number of halogens is 1. The number of fused-ring (bicyclic) bond motifs is 1. The van der Waals surface area contributed by atoms with Crippen LogP contribution in [0.2, 0.25) is 5.02 Å². The maximum atomic E-state index is 11.2. The minimum Gasteiger partial charge on any atom is -0.478 e. The van der Waals surface area contributed by atoms with Gasteiger partial charge in [0.05, 0.1) is 35.0 Å². The van der Waals surface area contributed by atoms with Crippen LogP contribution in [0.1, 0.15) is 16.1 Å². The second kappa shape index (κ2) is 3.71. The molecule has 2 aromatic heterocycles. The Morgan fingerprint density at radius 2 is 2.22 bits per heavy atom. The quantitative estimate of drug-likeness (QED) is 0.865. The van der Waals surface area contributed by atoms with E-state index in [1.807, 2.05) is 0 Å². The molecule has 0 aliphatic carbocycles. The first-order chi connectivity index (χ1) is 8.53. The van der Waals surface area contributed by atoms with Crippen LogP contribution in [0.4, 0.5) is 0 Å². The van der Waals surface area contributed by atoms with Gasteiger partial charge in [0.1, 0.15) is 0 Å². The fraction of sp³-hybridized carbons (Fsp3) is 0.250. The minimum absolute atomic E-state index is 0.0796. The highest BCUT2D eigenvalue weighted by atomic mass is 35.5. The third kappa shape index (κ3) is 1.45. The van der Waals surface area contributed by atoms with Crippen LogP contribution >= 0.6 is 11.6 Å². The van der Waals surface area contributed by atoms with Crippen molar-refractivity contribution in [2.24, 2.45) is 0 Å². The Morgan fingerprint density at radius 3 is 2.78 bits per heavy atom. The predicted molar refractivity (Wildman–Crippen MR) is 64.1 cm³/mol. The van der Waals surface area contributed by atoms with Crippen molar-refractivity contribution in [1.29, 1.82) is 0 Å². The zero-order valence-corrected chi connectivity index (χ0v) is 10.0. The summed E-state index contributed by atoms with van der Waals surface area (Å²) in [5.41, 5.74) is -0.178. The summed E-state index contributed by atoms with van der Waals surface area (Å²) in [6.07, 6.45) is 1.68. The van der Waals surface area contributed by atoms with Crippen molar-refractivity contribution in [3.63, 3.8) is 0 Å². The highest BCUT2D eigenvalue weighted by molar-refractivity contribution is 6.34. The van der Waals surface area contributed by atoms with Crippen molar-refractivity contribution in [2.75, 3.05) is 13.2 Å². The van der Waals surface area contributed by atoms with Crippen molar-refractivity contribution < 1.29 is 19.7 Å². The standard InChI is InChI=1S/C12H10ClNO4/c13-8-2-1-3-14-9(12(17)5-18-6-12)4-7(10(8)14)11(15)16/h1-4,17H,5-6H2,(H,15,16).